The van der Waals surface area contributed by atoms with Crippen molar-refractivity contribution in [3.8, 4) is 22.5 Å². The lowest BCUT2D eigenvalue weighted by Crippen LogP contribution is -2.43. The number of nitrogens with zero attached hydrogens (tertiary/aromatic N) is 6. The topological polar surface area (TPSA) is 116 Å². The molecule has 2 N–H and O–H groups in total. The Labute approximate surface area is 317 Å². The minimum absolute atomic E-state index is 0.0710. The average molecular weight is 765 g/mol. The standard InChI is InChI=1S/C20H15F3N4OS.C19H16N4OS/c1-10-8-11(21)6-7-12(10)16-13-9-24-20(28)27(18(13)26-19(25-16)29-2)17-14(22)4-3-5-15(17)23;1-25-18-21-16(13-8-4-2-5-9-13)15-12-20-19(24)23(17(15)22-18)14-10-6-3-7-11-14/h3-8H,9H2,1-2H3,(H,24,28);2-11H,12H2,1H3,(H,20,24). The number of thioether (sulfide) groups is 2. The van der Waals surface area contributed by atoms with E-state index in [9.17, 15) is 22.8 Å². The van der Waals surface area contributed by atoms with Crippen LogP contribution in [0.1, 0.15) is 16.7 Å². The van der Waals surface area contributed by atoms with E-state index in [4.69, 9.17) is 4.98 Å². The van der Waals surface area contributed by atoms with Gasteiger partial charge in [-0.15, -0.1) is 0 Å². The number of fused-ring (bicyclic) bond motifs is 2. The fraction of sp³-hybridized carbons (Fsp3) is 0.128. The Morgan fingerprint density at radius 3 is 1.76 bits per heavy atom. The molecule has 0 saturated carbocycles. The van der Waals surface area contributed by atoms with E-state index in [1.54, 1.807) is 24.1 Å². The molecule has 0 bridgehead atoms. The molecule has 0 radical (unpaired) electrons. The summed E-state index contributed by atoms with van der Waals surface area (Å²) in [6.45, 7) is 2.22. The van der Waals surface area contributed by atoms with Crippen LogP contribution in [0.25, 0.3) is 22.5 Å². The molecule has 2 aromatic heterocycles. The summed E-state index contributed by atoms with van der Waals surface area (Å²) in [6.07, 6.45) is 3.69. The lowest BCUT2D eigenvalue weighted by atomic mass is 10.00. The van der Waals surface area contributed by atoms with Crippen LogP contribution < -0.4 is 20.4 Å². The highest BCUT2D eigenvalue weighted by Gasteiger charge is 2.34. The van der Waals surface area contributed by atoms with E-state index >= 15 is 0 Å². The normalized spacial score (nSPS) is 13.3. The monoisotopic (exact) mass is 764 g/mol. The molecule has 8 rings (SSSR count). The van der Waals surface area contributed by atoms with Gasteiger partial charge in [0.2, 0.25) is 0 Å². The molecule has 272 valence electrons. The first kappa shape index (κ1) is 36.4. The van der Waals surface area contributed by atoms with Crippen molar-refractivity contribution < 1.29 is 22.8 Å². The first-order valence-electron chi connectivity index (χ1n) is 16.5. The molecular weight excluding hydrogens is 734 g/mol. The van der Waals surface area contributed by atoms with Crippen LogP contribution in [0.2, 0.25) is 0 Å². The van der Waals surface area contributed by atoms with Crippen LogP contribution in [-0.2, 0) is 13.1 Å². The summed E-state index contributed by atoms with van der Waals surface area (Å²) in [6, 6.07) is 26.3. The van der Waals surface area contributed by atoms with Crippen molar-refractivity contribution in [2.24, 2.45) is 0 Å². The molecule has 0 aliphatic carbocycles. The predicted molar refractivity (Wildman–Crippen MR) is 205 cm³/mol. The van der Waals surface area contributed by atoms with E-state index in [0.29, 0.717) is 45.1 Å². The second-order valence-electron chi connectivity index (χ2n) is 11.9. The third-order valence-corrected chi connectivity index (χ3v) is 9.72. The van der Waals surface area contributed by atoms with Crippen LogP contribution in [-0.4, -0.2) is 44.5 Å². The van der Waals surface area contributed by atoms with Crippen LogP contribution in [0.3, 0.4) is 0 Å². The highest BCUT2D eigenvalue weighted by Crippen LogP contribution is 2.40. The summed E-state index contributed by atoms with van der Waals surface area (Å²) in [5, 5.41) is 6.51. The highest BCUT2D eigenvalue weighted by atomic mass is 32.2. The number of anilines is 4. The third kappa shape index (κ3) is 7.07. The first-order chi connectivity index (χ1) is 26.2. The molecule has 2 aliphatic rings. The van der Waals surface area contributed by atoms with E-state index in [2.05, 4.69) is 25.6 Å². The van der Waals surface area contributed by atoms with Gasteiger partial charge in [0.1, 0.15) is 23.1 Å². The van der Waals surface area contributed by atoms with Crippen molar-refractivity contribution in [3.63, 3.8) is 0 Å². The number of halogens is 3. The molecule has 6 aromatic rings. The Bertz CT molecular complexity index is 2370. The van der Waals surface area contributed by atoms with Gasteiger partial charge >= 0.3 is 12.1 Å². The largest absolute Gasteiger partial charge is 0.333 e. The summed E-state index contributed by atoms with van der Waals surface area (Å²) >= 11 is 2.69. The zero-order valence-electron chi connectivity index (χ0n) is 29.1. The van der Waals surface area contributed by atoms with Gasteiger partial charge in [0.15, 0.2) is 21.9 Å². The van der Waals surface area contributed by atoms with Crippen molar-refractivity contribution in [3.05, 3.63) is 131 Å². The molecule has 0 fully saturated rings. The number of urea groups is 2. The number of hydrogen-bond donors (Lipinski definition) is 2. The van der Waals surface area contributed by atoms with Crippen LogP contribution in [0, 0.1) is 24.4 Å². The maximum absolute atomic E-state index is 14.5. The molecule has 2 aliphatic heterocycles. The second kappa shape index (κ2) is 15.6. The number of carbonyl (C=O) groups is 2. The number of carbonyl (C=O) groups excluding carboxylic acids is 2. The number of rotatable bonds is 6. The molecule has 4 aromatic carbocycles. The second-order valence-corrected chi connectivity index (χ2v) is 13.5. The van der Waals surface area contributed by atoms with Gasteiger partial charge in [0.05, 0.1) is 30.2 Å². The Balaban J connectivity index is 0.000000168. The molecule has 15 heteroatoms. The average Bonchev–Trinajstić information content (AvgIpc) is 3.18. The maximum Gasteiger partial charge on any atom is 0.328 e. The third-order valence-electron chi connectivity index (χ3n) is 8.62. The molecule has 0 atom stereocenters. The Morgan fingerprint density at radius 1 is 0.630 bits per heavy atom. The minimum atomic E-state index is -0.892. The number of benzene rings is 4. The summed E-state index contributed by atoms with van der Waals surface area (Å²) in [4.78, 5) is 45.9. The van der Waals surface area contributed by atoms with Crippen molar-refractivity contribution in [1.29, 1.82) is 0 Å². The lowest BCUT2D eigenvalue weighted by Gasteiger charge is -2.30. The van der Waals surface area contributed by atoms with E-state index < -0.39 is 23.4 Å². The van der Waals surface area contributed by atoms with Gasteiger partial charge < -0.3 is 10.6 Å². The zero-order chi connectivity index (χ0) is 37.9. The number of amides is 4. The SMILES string of the molecule is CSc1nc(-c2ccc(F)cc2C)c2c(n1)N(c1c(F)cccc1F)C(=O)NC2.CSc1nc(-c2ccccc2)c2c(n1)N(c1ccccc1)C(=O)NC2. The van der Waals surface area contributed by atoms with Gasteiger partial charge in [-0.1, -0.05) is 78.1 Å². The number of para-hydroxylation sites is 2. The van der Waals surface area contributed by atoms with Gasteiger partial charge in [-0.3, -0.25) is 0 Å². The number of nitrogens with one attached hydrogen (secondary N) is 2. The van der Waals surface area contributed by atoms with E-state index in [1.807, 2.05) is 66.9 Å². The van der Waals surface area contributed by atoms with Gasteiger partial charge in [-0.25, -0.2) is 52.5 Å². The van der Waals surface area contributed by atoms with E-state index in [1.165, 1.54) is 41.7 Å². The predicted octanol–water partition coefficient (Wildman–Crippen LogP) is 9.18. The molecule has 0 spiro atoms. The lowest BCUT2D eigenvalue weighted by molar-refractivity contribution is 0.245. The van der Waals surface area contributed by atoms with Gasteiger partial charge in [-0.05, 0) is 67.5 Å². The molecular formula is C39H31F3N8O2S2. The quantitative estimate of drug-likeness (QED) is 0.128. The fourth-order valence-corrected chi connectivity index (χ4v) is 6.86. The minimum Gasteiger partial charge on any atom is -0.333 e. The van der Waals surface area contributed by atoms with Crippen LogP contribution in [0.15, 0.2) is 107 Å². The Morgan fingerprint density at radius 2 is 1.17 bits per heavy atom. The Kier molecular flexibility index (Phi) is 10.5. The van der Waals surface area contributed by atoms with E-state index in [-0.39, 0.29) is 24.2 Å². The van der Waals surface area contributed by atoms with Crippen LogP contribution in [0.5, 0.6) is 0 Å². The van der Waals surface area contributed by atoms with Crippen molar-refractivity contribution in [1.82, 2.24) is 30.6 Å². The summed E-state index contributed by atoms with van der Waals surface area (Å²) in [7, 11) is 0. The summed E-state index contributed by atoms with van der Waals surface area (Å²) < 4.78 is 42.5. The molecule has 4 heterocycles. The summed E-state index contributed by atoms with van der Waals surface area (Å²) in [5.41, 5.74) is 5.30. The van der Waals surface area contributed by atoms with Crippen molar-refractivity contribution in [2.75, 3.05) is 22.3 Å². The highest BCUT2D eigenvalue weighted by molar-refractivity contribution is 7.98. The van der Waals surface area contributed by atoms with Crippen molar-refractivity contribution in [2.45, 2.75) is 30.3 Å². The van der Waals surface area contributed by atoms with Gasteiger partial charge in [0.25, 0.3) is 0 Å². The number of aryl methyl sites for hydroxylation is 1. The first-order valence-corrected chi connectivity index (χ1v) is 19.0. The fourth-order valence-electron chi connectivity index (χ4n) is 6.14. The number of aromatic nitrogens is 4. The summed E-state index contributed by atoms with van der Waals surface area (Å²) in [5.74, 6) is -1.43. The molecule has 10 nitrogen and oxygen atoms in total. The molecule has 0 unspecified atom stereocenters. The maximum atomic E-state index is 14.5. The zero-order valence-corrected chi connectivity index (χ0v) is 30.7. The Hall–Kier alpha value is -5.93. The molecule has 4 amide bonds. The van der Waals surface area contributed by atoms with Gasteiger partial charge in [-0.2, -0.15) is 0 Å². The van der Waals surface area contributed by atoms with Gasteiger partial charge in [0, 0.05) is 22.3 Å². The van der Waals surface area contributed by atoms with Crippen molar-refractivity contribution >= 4 is 58.6 Å². The van der Waals surface area contributed by atoms with E-state index in [0.717, 1.165) is 39.5 Å². The number of hydrogen-bond acceptors (Lipinski definition) is 8. The van der Waals surface area contributed by atoms with Crippen LogP contribution >= 0.6 is 23.5 Å². The van der Waals surface area contributed by atoms with Crippen LogP contribution in [0.4, 0.5) is 45.8 Å². The molecule has 54 heavy (non-hydrogen) atoms. The smallest absolute Gasteiger partial charge is 0.328 e. The molecule has 0 saturated heterocycles.